The van der Waals surface area contributed by atoms with Gasteiger partial charge < -0.3 is 18.9 Å². The lowest BCUT2D eigenvalue weighted by Gasteiger charge is -2.25. The largest absolute Gasteiger partial charge is 0.496 e. The zero-order valence-corrected chi connectivity index (χ0v) is 23.5. The third kappa shape index (κ3) is 5.80. The average Bonchev–Trinajstić information content (AvgIpc) is 3.20. The number of carbonyl (C=O) groups is 2. The minimum atomic E-state index is -0.846. The number of methoxy groups -OCH3 is 2. The van der Waals surface area contributed by atoms with Crippen LogP contribution in [-0.4, -0.2) is 37.3 Å². The highest BCUT2D eigenvalue weighted by molar-refractivity contribution is 7.07. The van der Waals surface area contributed by atoms with Gasteiger partial charge in [0, 0.05) is 12.5 Å². The van der Waals surface area contributed by atoms with Crippen molar-refractivity contribution in [2.75, 3.05) is 20.8 Å². The molecule has 0 bridgehead atoms. The molecule has 2 heterocycles. The first-order chi connectivity index (χ1) is 18.6. The van der Waals surface area contributed by atoms with Gasteiger partial charge in [-0.05, 0) is 42.7 Å². The Kier molecular flexibility index (Phi) is 8.35. The lowest BCUT2D eigenvalue weighted by Crippen LogP contribution is -2.40. The number of para-hydroxylation sites is 1. The van der Waals surface area contributed by atoms with Crippen molar-refractivity contribution in [2.24, 2.45) is 10.9 Å². The second-order valence-electron chi connectivity index (χ2n) is 9.32. The summed E-state index contributed by atoms with van der Waals surface area (Å²) in [7, 11) is 3.02. The van der Waals surface area contributed by atoms with E-state index in [0.29, 0.717) is 26.3 Å². The number of fused-ring (bicyclic) bond motifs is 1. The van der Waals surface area contributed by atoms with Crippen molar-refractivity contribution in [1.29, 1.82) is 0 Å². The number of ether oxygens (including phenoxy) is 4. The van der Waals surface area contributed by atoms with Crippen molar-refractivity contribution in [3.05, 3.63) is 84.5 Å². The standard InChI is InChI=1S/C29H30N2O7S/c1-16(2)15-37-28(34)25-17(3)30-29-31(26(25)20-11-12-22(38-18(4)32)23(13-20)36-6)27(33)24(39-29)14-19-9-7-8-10-21(19)35-5/h7-14,16,26H,15H2,1-6H3/b24-14+/t26-/m0/s1. The molecule has 0 amide bonds. The molecule has 0 saturated heterocycles. The van der Waals surface area contributed by atoms with Crippen LogP contribution < -0.4 is 29.1 Å². The number of benzene rings is 2. The summed E-state index contributed by atoms with van der Waals surface area (Å²) in [5, 5.41) is 0. The van der Waals surface area contributed by atoms with Crippen LogP contribution in [0.4, 0.5) is 0 Å². The van der Waals surface area contributed by atoms with Gasteiger partial charge in [-0.1, -0.05) is 49.4 Å². The van der Waals surface area contributed by atoms with Gasteiger partial charge in [0.2, 0.25) is 0 Å². The second kappa shape index (κ2) is 11.7. The molecule has 1 atom stereocenters. The second-order valence-corrected chi connectivity index (χ2v) is 10.3. The molecule has 0 fully saturated rings. The van der Waals surface area contributed by atoms with Crippen LogP contribution >= 0.6 is 11.3 Å². The summed E-state index contributed by atoms with van der Waals surface area (Å²) in [5.41, 5.74) is 1.68. The van der Waals surface area contributed by atoms with Crippen molar-refractivity contribution >= 4 is 29.4 Å². The van der Waals surface area contributed by atoms with Crippen LogP contribution in [0.1, 0.15) is 44.9 Å². The molecule has 0 radical (unpaired) electrons. The maximum absolute atomic E-state index is 13.9. The molecule has 10 heteroatoms. The number of hydrogen-bond acceptors (Lipinski definition) is 9. The van der Waals surface area contributed by atoms with E-state index in [-0.39, 0.29) is 35.2 Å². The van der Waals surface area contributed by atoms with Crippen molar-refractivity contribution in [3.63, 3.8) is 0 Å². The zero-order chi connectivity index (χ0) is 28.3. The Morgan fingerprint density at radius 1 is 1.08 bits per heavy atom. The van der Waals surface area contributed by atoms with Gasteiger partial charge in [0.25, 0.3) is 5.56 Å². The van der Waals surface area contributed by atoms with Gasteiger partial charge in [0.1, 0.15) is 5.75 Å². The number of carbonyl (C=O) groups excluding carboxylic acids is 2. The smallest absolute Gasteiger partial charge is 0.338 e. The molecule has 1 aliphatic rings. The van der Waals surface area contributed by atoms with Gasteiger partial charge in [0.15, 0.2) is 16.3 Å². The molecular formula is C29H30N2O7S. The Balaban J connectivity index is 1.94. The number of thiazole rings is 1. The van der Waals surface area contributed by atoms with E-state index in [0.717, 1.165) is 5.56 Å². The van der Waals surface area contributed by atoms with Gasteiger partial charge in [-0.2, -0.15) is 0 Å². The highest BCUT2D eigenvalue weighted by Gasteiger charge is 2.34. The predicted molar refractivity (Wildman–Crippen MR) is 147 cm³/mol. The van der Waals surface area contributed by atoms with Crippen LogP contribution in [0, 0.1) is 5.92 Å². The predicted octanol–water partition coefficient (Wildman–Crippen LogP) is 3.38. The number of aromatic nitrogens is 1. The number of hydrogen-bond donors (Lipinski definition) is 0. The molecule has 204 valence electrons. The Bertz CT molecular complexity index is 1630. The van der Waals surface area contributed by atoms with E-state index in [1.807, 2.05) is 38.1 Å². The Labute approximate surface area is 229 Å². The van der Waals surface area contributed by atoms with Gasteiger partial charge in [-0.3, -0.25) is 14.2 Å². The maximum atomic E-state index is 13.9. The van der Waals surface area contributed by atoms with Gasteiger partial charge >= 0.3 is 11.9 Å². The lowest BCUT2D eigenvalue weighted by atomic mass is 9.95. The first-order valence-electron chi connectivity index (χ1n) is 12.3. The van der Waals surface area contributed by atoms with E-state index in [4.69, 9.17) is 18.9 Å². The van der Waals surface area contributed by atoms with Crippen LogP contribution in [0.25, 0.3) is 6.08 Å². The quantitative estimate of drug-likeness (QED) is 0.313. The molecule has 0 spiro atoms. The van der Waals surface area contributed by atoms with E-state index >= 15 is 0 Å². The fourth-order valence-electron chi connectivity index (χ4n) is 4.24. The Morgan fingerprint density at radius 2 is 1.79 bits per heavy atom. The fraction of sp³-hybridized carbons (Fsp3) is 0.310. The molecule has 4 rings (SSSR count). The Morgan fingerprint density at radius 3 is 2.46 bits per heavy atom. The summed E-state index contributed by atoms with van der Waals surface area (Å²) in [6.45, 7) is 7.12. The van der Waals surface area contributed by atoms with Crippen LogP contribution in [0.3, 0.4) is 0 Å². The molecule has 0 N–H and O–H groups in total. The number of esters is 2. The summed E-state index contributed by atoms with van der Waals surface area (Å²) in [6, 6.07) is 11.4. The summed E-state index contributed by atoms with van der Waals surface area (Å²) < 4.78 is 23.7. The van der Waals surface area contributed by atoms with Crippen LogP contribution in [-0.2, 0) is 14.3 Å². The number of rotatable bonds is 8. The monoisotopic (exact) mass is 550 g/mol. The normalized spacial score (nSPS) is 15.1. The molecule has 9 nitrogen and oxygen atoms in total. The Hall–Kier alpha value is -4.18. The molecule has 39 heavy (non-hydrogen) atoms. The summed E-state index contributed by atoms with van der Waals surface area (Å²) in [5.74, 6) is 0.194. The third-order valence-electron chi connectivity index (χ3n) is 5.97. The van der Waals surface area contributed by atoms with Crippen molar-refractivity contribution < 1.29 is 28.5 Å². The van der Waals surface area contributed by atoms with Gasteiger partial charge in [0.05, 0.1) is 42.7 Å². The SMILES string of the molecule is COc1ccccc1/C=c1/sc2n(c1=O)[C@@H](c1ccc(OC(C)=O)c(OC)c1)C(C(=O)OCC(C)C)=C(C)N=2. The first-order valence-corrected chi connectivity index (χ1v) is 13.1. The molecule has 1 aliphatic heterocycles. The van der Waals surface area contributed by atoms with Crippen LogP contribution in [0.2, 0.25) is 0 Å². The number of nitrogens with zero attached hydrogens (tertiary/aromatic N) is 2. The van der Waals surface area contributed by atoms with Gasteiger partial charge in [-0.25, -0.2) is 9.79 Å². The van der Waals surface area contributed by atoms with Crippen molar-refractivity contribution in [3.8, 4) is 17.2 Å². The third-order valence-corrected chi connectivity index (χ3v) is 6.95. The summed E-state index contributed by atoms with van der Waals surface area (Å²) in [4.78, 5) is 43.9. The molecule has 0 aliphatic carbocycles. The van der Waals surface area contributed by atoms with E-state index in [9.17, 15) is 14.4 Å². The van der Waals surface area contributed by atoms with E-state index in [2.05, 4.69) is 4.99 Å². The van der Waals surface area contributed by atoms with Crippen LogP contribution in [0.5, 0.6) is 17.2 Å². The highest BCUT2D eigenvalue weighted by atomic mass is 32.1. The lowest BCUT2D eigenvalue weighted by molar-refractivity contribution is -0.140. The number of allylic oxidation sites excluding steroid dienone is 1. The molecule has 0 unspecified atom stereocenters. The fourth-order valence-corrected chi connectivity index (χ4v) is 5.28. The van der Waals surface area contributed by atoms with E-state index < -0.39 is 18.0 Å². The molecular weight excluding hydrogens is 520 g/mol. The zero-order valence-electron chi connectivity index (χ0n) is 22.6. The minimum Gasteiger partial charge on any atom is -0.496 e. The van der Waals surface area contributed by atoms with Gasteiger partial charge in [-0.15, -0.1) is 0 Å². The molecule has 2 aromatic carbocycles. The van der Waals surface area contributed by atoms with E-state index in [1.54, 1.807) is 38.3 Å². The molecule has 3 aromatic rings. The topological polar surface area (TPSA) is 105 Å². The van der Waals surface area contributed by atoms with Crippen LogP contribution in [0.15, 0.2) is 63.5 Å². The highest BCUT2D eigenvalue weighted by Crippen LogP contribution is 2.36. The molecule has 0 saturated carbocycles. The van der Waals surface area contributed by atoms with Crippen molar-refractivity contribution in [1.82, 2.24) is 4.57 Å². The first kappa shape index (κ1) is 27.8. The summed E-state index contributed by atoms with van der Waals surface area (Å²) in [6.07, 6.45) is 1.75. The van der Waals surface area contributed by atoms with Crippen molar-refractivity contribution in [2.45, 2.75) is 33.7 Å². The maximum Gasteiger partial charge on any atom is 0.338 e. The summed E-state index contributed by atoms with van der Waals surface area (Å²) >= 11 is 1.22. The van der Waals surface area contributed by atoms with E-state index in [1.165, 1.54) is 29.9 Å². The minimum absolute atomic E-state index is 0.124. The molecule has 1 aromatic heterocycles. The average molecular weight is 551 g/mol.